The zero-order valence-electron chi connectivity index (χ0n) is 23.9. The summed E-state index contributed by atoms with van der Waals surface area (Å²) in [6.07, 6.45) is 5.14. The van der Waals surface area contributed by atoms with Crippen molar-refractivity contribution >= 4 is 45.3 Å². The number of fused-ring (bicyclic) bond motifs is 3. The number of nitrogens with one attached hydrogen (secondary N) is 1. The molecule has 0 radical (unpaired) electrons. The first-order valence-corrected chi connectivity index (χ1v) is 16.4. The Balaban J connectivity index is 1.36. The van der Waals surface area contributed by atoms with Gasteiger partial charge >= 0.3 is 0 Å². The molecule has 2 fully saturated rings. The minimum atomic E-state index is -0.271. The van der Waals surface area contributed by atoms with Crippen LogP contribution in [0.5, 0.6) is 5.75 Å². The molecule has 4 aromatic rings. The number of benzene rings is 2. The van der Waals surface area contributed by atoms with Crippen molar-refractivity contribution in [3.8, 4) is 17.0 Å². The van der Waals surface area contributed by atoms with Crippen LogP contribution >= 0.6 is 24.2 Å². The number of likely N-dealkylation sites (tertiary alicyclic amines) is 1. The topological polar surface area (TPSA) is 92.7 Å². The first-order chi connectivity index (χ1) is 20.5. The van der Waals surface area contributed by atoms with Gasteiger partial charge in [-0.15, -0.1) is 0 Å². The molecular formula is C31H37N5O4S2. The van der Waals surface area contributed by atoms with Crippen LogP contribution in [0.25, 0.3) is 32.4 Å². The van der Waals surface area contributed by atoms with E-state index < -0.39 is 0 Å². The summed E-state index contributed by atoms with van der Waals surface area (Å²) in [5, 5.41) is 0.628. The van der Waals surface area contributed by atoms with Crippen molar-refractivity contribution in [1.82, 2.24) is 23.7 Å². The molecule has 0 aliphatic carbocycles. The van der Waals surface area contributed by atoms with Gasteiger partial charge in [-0.25, -0.2) is 4.98 Å². The molecule has 6 bridgehead atoms. The minimum Gasteiger partial charge on any atom is -0.488 e. The van der Waals surface area contributed by atoms with Gasteiger partial charge in [-0.05, 0) is 68.2 Å². The van der Waals surface area contributed by atoms with Crippen molar-refractivity contribution in [2.75, 3.05) is 39.0 Å². The second kappa shape index (κ2) is 11.8. The molecule has 1 unspecified atom stereocenters. The van der Waals surface area contributed by atoms with Crippen molar-refractivity contribution in [3.63, 3.8) is 0 Å². The summed E-state index contributed by atoms with van der Waals surface area (Å²) in [7, 11) is 1.80. The third kappa shape index (κ3) is 5.19. The first kappa shape index (κ1) is 28.1. The Morgan fingerprint density at radius 3 is 2.79 bits per heavy atom. The summed E-state index contributed by atoms with van der Waals surface area (Å²) in [4.78, 5) is 39.9. The number of nitrogens with zero attached hydrogens (tertiary/aromatic N) is 4. The Hall–Kier alpha value is -2.70. The molecule has 222 valence electrons. The van der Waals surface area contributed by atoms with Crippen LogP contribution in [0.3, 0.4) is 0 Å². The average molecular weight is 608 g/mol. The van der Waals surface area contributed by atoms with E-state index in [1.54, 1.807) is 7.11 Å². The predicted octanol–water partition coefficient (Wildman–Crippen LogP) is 4.12. The van der Waals surface area contributed by atoms with Gasteiger partial charge in [0.05, 0.1) is 21.7 Å². The number of aromatic amines is 1. The summed E-state index contributed by atoms with van der Waals surface area (Å²) >= 11 is 5.96. The third-order valence-corrected chi connectivity index (χ3v) is 10.6. The molecule has 42 heavy (non-hydrogen) atoms. The number of hydrogen-bond donors (Lipinski definition) is 2. The molecule has 4 aliphatic rings. The minimum absolute atomic E-state index is 0.00522. The van der Waals surface area contributed by atoms with Crippen LogP contribution in [-0.2, 0) is 17.8 Å². The Morgan fingerprint density at radius 2 is 1.98 bits per heavy atom. The largest absolute Gasteiger partial charge is 0.488 e. The fourth-order valence-corrected chi connectivity index (χ4v) is 8.32. The van der Waals surface area contributed by atoms with Crippen LogP contribution in [0.2, 0.25) is 0 Å². The van der Waals surface area contributed by atoms with Gasteiger partial charge in [0, 0.05) is 51.4 Å². The Bertz CT molecular complexity index is 1720. The summed E-state index contributed by atoms with van der Waals surface area (Å²) in [6.45, 7) is 5.00. The van der Waals surface area contributed by atoms with E-state index in [0.29, 0.717) is 46.0 Å². The second-order valence-electron chi connectivity index (χ2n) is 11.7. The molecule has 4 aliphatic heterocycles. The Morgan fingerprint density at radius 1 is 1.12 bits per heavy atom. The molecule has 2 aromatic heterocycles. The van der Waals surface area contributed by atoms with E-state index in [2.05, 4.69) is 33.5 Å². The predicted molar refractivity (Wildman–Crippen MR) is 170 cm³/mol. The lowest BCUT2D eigenvalue weighted by molar-refractivity contribution is -0.0229. The van der Waals surface area contributed by atoms with Crippen LogP contribution in [0.1, 0.15) is 37.7 Å². The van der Waals surface area contributed by atoms with Crippen molar-refractivity contribution in [3.05, 3.63) is 56.6 Å². The van der Waals surface area contributed by atoms with Crippen LogP contribution < -0.4 is 15.9 Å². The van der Waals surface area contributed by atoms with E-state index in [1.807, 2.05) is 28.2 Å². The maximum absolute atomic E-state index is 13.6. The number of rotatable bonds is 5. The number of thiol groups is 1. The number of aromatic nitrogens is 3. The van der Waals surface area contributed by atoms with Gasteiger partial charge in [0.15, 0.2) is 0 Å². The smallest absolute Gasteiger partial charge is 0.275 e. The van der Waals surface area contributed by atoms with Gasteiger partial charge in [-0.2, -0.15) is 12.6 Å². The Labute approximate surface area is 254 Å². The van der Waals surface area contributed by atoms with Crippen molar-refractivity contribution in [2.24, 2.45) is 0 Å². The first-order valence-electron chi connectivity index (χ1n) is 15.0. The van der Waals surface area contributed by atoms with Crippen molar-refractivity contribution in [2.45, 2.75) is 63.4 Å². The fourth-order valence-electron chi connectivity index (χ4n) is 6.96. The summed E-state index contributed by atoms with van der Waals surface area (Å²) in [6, 6.07) is 10.0. The van der Waals surface area contributed by atoms with Gasteiger partial charge in [0.1, 0.15) is 23.1 Å². The van der Waals surface area contributed by atoms with Crippen LogP contribution in [-0.4, -0.2) is 81.0 Å². The quantitative estimate of drug-likeness (QED) is 0.330. The number of piperidine rings is 2. The summed E-state index contributed by atoms with van der Waals surface area (Å²) in [5.41, 5.74) is 3.11. The molecule has 0 spiro atoms. The van der Waals surface area contributed by atoms with Crippen LogP contribution in [0.4, 0.5) is 0 Å². The molecule has 0 saturated carbocycles. The molecule has 11 heteroatoms. The van der Waals surface area contributed by atoms with E-state index in [-0.39, 0.29) is 23.3 Å². The zero-order chi connectivity index (χ0) is 28.8. The third-order valence-electron chi connectivity index (χ3n) is 9.14. The van der Waals surface area contributed by atoms with Gasteiger partial charge in [-0.1, -0.05) is 23.7 Å². The Kier molecular flexibility index (Phi) is 7.87. The van der Waals surface area contributed by atoms with E-state index in [4.69, 9.17) is 14.5 Å². The van der Waals surface area contributed by atoms with E-state index in [0.717, 1.165) is 80.8 Å². The van der Waals surface area contributed by atoms with Crippen LogP contribution in [0, 0.1) is 0 Å². The number of ether oxygens (including phenoxy) is 2. The van der Waals surface area contributed by atoms with Gasteiger partial charge in [-0.3, -0.25) is 18.4 Å². The zero-order valence-corrected chi connectivity index (χ0v) is 25.6. The van der Waals surface area contributed by atoms with E-state index in [9.17, 15) is 9.59 Å². The summed E-state index contributed by atoms with van der Waals surface area (Å²) < 4.78 is 15.2. The highest BCUT2D eigenvalue weighted by atomic mass is 32.1. The molecule has 2 aromatic carbocycles. The highest BCUT2D eigenvalue weighted by Crippen LogP contribution is 2.34. The normalized spacial score (nSPS) is 24.7. The fraction of sp³-hybridized carbons (Fsp3) is 0.516. The SMILES string of the molecule is CO[C@@H]1CCCN(Cc2cc3c4nc(c(=O)[nH]c4c2)-c2cccc4c(=O)n(sc24)CCN2CCC(CC2)O3)C1CCS. The highest BCUT2D eigenvalue weighted by molar-refractivity contribution is 7.80. The van der Waals surface area contributed by atoms with Crippen molar-refractivity contribution < 1.29 is 9.47 Å². The molecule has 2 saturated heterocycles. The molecule has 1 N–H and O–H groups in total. The lowest BCUT2D eigenvalue weighted by Gasteiger charge is -2.40. The molecule has 6 heterocycles. The van der Waals surface area contributed by atoms with E-state index in [1.165, 1.54) is 11.5 Å². The lowest BCUT2D eigenvalue weighted by Crippen LogP contribution is -2.48. The molecule has 0 amide bonds. The average Bonchev–Trinajstić information content (AvgIpc) is 3.32. The number of H-pyrrole nitrogens is 1. The maximum atomic E-state index is 13.6. The second-order valence-corrected chi connectivity index (χ2v) is 13.2. The molecular weight excluding hydrogens is 571 g/mol. The van der Waals surface area contributed by atoms with Crippen LogP contribution in [0.15, 0.2) is 39.9 Å². The molecule has 8 rings (SSSR count). The van der Waals surface area contributed by atoms with Gasteiger partial charge in [0.2, 0.25) is 0 Å². The number of methoxy groups -OCH3 is 1. The molecule has 9 nitrogen and oxygen atoms in total. The number of hydrogen-bond acceptors (Lipinski definition) is 9. The van der Waals surface area contributed by atoms with Gasteiger partial charge in [0.25, 0.3) is 11.1 Å². The van der Waals surface area contributed by atoms with E-state index >= 15 is 0 Å². The summed E-state index contributed by atoms with van der Waals surface area (Å²) in [5.74, 6) is 1.51. The van der Waals surface area contributed by atoms with Crippen molar-refractivity contribution in [1.29, 1.82) is 0 Å². The maximum Gasteiger partial charge on any atom is 0.275 e. The highest BCUT2D eigenvalue weighted by Gasteiger charge is 2.31. The lowest BCUT2D eigenvalue weighted by atomic mass is 9.95. The standard InChI is InChI=1S/C31H37N5O4S2/c1-39-25-6-3-10-35(24(25)9-15-41)18-19-16-23-28-26(17-19)40-20-7-11-34(12-8-20)13-14-36-31(38)22-5-2-4-21(29(22)42-36)27(33-28)30(37)32-23/h2,4-5,16-17,20,24-25,41H,3,6-15,18H2,1H3,(H,32,37)/t24?,25-/m1/s1. The monoisotopic (exact) mass is 607 g/mol. The van der Waals surface area contributed by atoms with Gasteiger partial charge < -0.3 is 19.4 Å². The molecule has 2 atom stereocenters.